The molecule has 2 heterocycles. The Morgan fingerprint density at radius 2 is 1.04 bits per heavy atom. The van der Waals surface area contributed by atoms with E-state index >= 15 is 0 Å². The van der Waals surface area contributed by atoms with Crippen molar-refractivity contribution < 1.29 is 0 Å². The van der Waals surface area contributed by atoms with Gasteiger partial charge in [-0.3, -0.25) is 0 Å². The molecular weight excluding hydrogens is 575 g/mol. The molecular formula is C44H27NS. The van der Waals surface area contributed by atoms with Crippen molar-refractivity contribution in [2.75, 3.05) is 0 Å². The average molecular weight is 602 g/mol. The van der Waals surface area contributed by atoms with Crippen LogP contribution in [0.3, 0.4) is 0 Å². The molecule has 0 amide bonds. The van der Waals surface area contributed by atoms with Crippen molar-refractivity contribution in [3.8, 4) is 27.9 Å². The van der Waals surface area contributed by atoms with Crippen molar-refractivity contribution >= 4 is 74.9 Å². The molecule has 0 saturated heterocycles. The van der Waals surface area contributed by atoms with Crippen molar-refractivity contribution in [3.63, 3.8) is 0 Å². The number of benzene rings is 8. The molecule has 1 nitrogen and oxygen atoms in total. The molecule has 46 heavy (non-hydrogen) atoms. The number of aromatic nitrogens is 1. The molecule has 0 bridgehead atoms. The van der Waals surface area contributed by atoms with E-state index in [1.165, 1.54) is 91.5 Å². The summed E-state index contributed by atoms with van der Waals surface area (Å²) in [5.41, 5.74) is 8.63. The summed E-state index contributed by atoms with van der Waals surface area (Å²) in [7, 11) is 0. The SMILES string of the molecule is c1ccc(-c2ccc3sc4c(c3c2)c2ccccc2c2c4c3ccc(-c4ccc5ccccc5c4)cc3n2-c2ccccc2)cc1. The largest absolute Gasteiger partial charge is 0.309 e. The highest BCUT2D eigenvalue weighted by atomic mass is 32.1. The van der Waals surface area contributed by atoms with Crippen molar-refractivity contribution in [1.29, 1.82) is 0 Å². The second kappa shape index (κ2) is 9.90. The van der Waals surface area contributed by atoms with Crippen LogP contribution in [0.1, 0.15) is 0 Å². The monoisotopic (exact) mass is 601 g/mol. The first-order valence-corrected chi connectivity index (χ1v) is 16.6. The third-order valence-corrected chi connectivity index (χ3v) is 10.7. The molecule has 8 aromatic carbocycles. The maximum Gasteiger partial charge on any atom is 0.0634 e. The Hall–Kier alpha value is -5.70. The van der Waals surface area contributed by atoms with Gasteiger partial charge >= 0.3 is 0 Å². The lowest BCUT2D eigenvalue weighted by atomic mass is 9.97. The van der Waals surface area contributed by atoms with Gasteiger partial charge in [0.1, 0.15) is 0 Å². The van der Waals surface area contributed by atoms with Gasteiger partial charge in [0, 0.05) is 42.0 Å². The summed E-state index contributed by atoms with van der Waals surface area (Å²) >= 11 is 1.92. The molecule has 0 N–H and O–H groups in total. The zero-order valence-corrected chi connectivity index (χ0v) is 25.8. The van der Waals surface area contributed by atoms with Gasteiger partial charge in [0.15, 0.2) is 0 Å². The van der Waals surface area contributed by atoms with Gasteiger partial charge < -0.3 is 4.57 Å². The Bertz CT molecular complexity index is 2790. The van der Waals surface area contributed by atoms with Gasteiger partial charge in [-0.25, -0.2) is 0 Å². The van der Waals surface area contributed by atoms with Crippen LogP contribution in [-0.4, -0.2) is 4.57 Å². The molecule has 0 spiro atoms. The van der Waals surface area contributed by atoms with E-state index in [2.05, 4.69) is 168 Å². The summed E-state index contributed by atoms with van der Waals surface area (Å²) < 4.78 is 5.17. The Balaban J connectivity index is 1.35. The summed E-state index contributed by atoms with van der Waals surface area (Å²) in [4.78, 5) is 0. The van der Waals surface area contributed by atoms with Gasteiger partial charge in [-0.2, -0.15) is 0 Å². The lowest BCUT2D eigenvalue weighted by Gasteiger charge is -2.11. The zero-order valence-electron chi connectivity index (χ0n) is 24.9. The predicted octanol–water partition coefficient (Wildman–Crippen LogP) is 12.8. The van der Waals surface area contributed by atoms with Gasteiger partial charge in [-0.05, 0) is 74.8 Å². The first-order valence-electron chi connectivity index (χ1n) is 15.8. The van der Waals surface area contributed by atoms with Gasteiger partial charge in [-0.1, -0.05) is 127 Å². The van der Waals surface area contributed by atoms with Crippen molar-refractivity contribution in [3.05, 3.63) is 164 Å². The molecule has 10 aromatic rings. The quantitative estimate of drug-likeness (QED) is 0.190. The number of fused-ring (bicyclic) bond motifs is 11. The lowest BCUT2D eigenvalue weighted by Crippen LogP contribution is -1.94. The Kier molecular flexibility index (Phi) is 5.51. The van der Waals surface area contributed by atoms with E-state index in [0.717, 1.165) is 0 Å². The molecule has 0 aliphatic heterocycles. The van der Waals surface area contributed by atoms with Gasteiger partial charge in [0.2, 0.25) is 0 Å². The fourth-order valence-corrected chi connectivity index (χ4v) is 8.68. The van der Waals surface area contributed by atoms with Crippen LogP contribution in [-0.2, 0) is 0 Å². The summed E-state index contributed by atoms with van der Waals surface area (Å²) in [5.74, 6) is 0. The Labute approximate surface area is 270 Å². The van der Waals surface area contributed by atoms with Crippen molar-refractivity contribution in [2.24, 2.45) is 0 Å². The van der Waals surface area contributed by atoms with E-state index in [-0.39, 0.29) is 0 Å². The first-order chi connectivity index (χ1) is 22.8. The molecule has 2 heteroatoms. The van der Waals surface area contributed by atoms with Crippen molar-refractivity contribution in [1.82, 2.24) is 4.57 Å². The van der Waals surface area contributed by atoms with Crippen LogP contribution in [0, 0.1) is 0 Å². The number of nitrogens with zero attached hydrogens (tertiary/aromatic N) is 1. The number of hydrogen-bond donors (Lipinski definition) is 0. The van der Waals surface area contributed by atoms with Gasteiger partial charge in [0.25, 0.3) is 0 Å². The van der Waals surface area contributed by atoms with Crippen LogP contribution in [0.2, 0.25) is 0 Å². The normalized spacial score (nSPS) is 11.9. The summed E-state index contributed by atoms with van der Waals surface area (Å²) in [6.07, 6.45) is 0. The van der Waals surface area contributed by atoms with E-state index in [4.69, 9.17) is 0 Å². The van der Waals surface area contributed by atoms with E-state index in [1.807, 2.05) is 11.3 Å². The van der Waals surface area contributed by atoms with Gasteiger partial charge in [-0.15, -0.1) is 11.3 Å². The van der Waals surface area contributed by atoms with Crippen LogP contribution in [0.4, 0.5) is 0 Å². The van der Waals surface area contributed by atoms with Gasteiger partial charge in [0.05, 0.1) is 11.0 Å². The van der Waals surface area contributed by atoms with E-state index < -0.39 is 0 Å². The third kappa shape index (κ3) is 3.74. The molecule has 0 unspecified atom stereocenters. The molecule has 0 radical (unpaired) electrons. The average Bonchev–Trinajstić information content (AvgIpc) is 3.68. The smallest absolute Gasteiger partial charge is 0.0634 e. The molecule has 0 aliphatic carbocycles. The van der Waals surface area contributed by atoms with Crippen LogP contribution in [0.5, 0.6) is 0 Å². The minimum absolute atomic E-state index is 1.18. The molecule has 214 valence electrons. The van der Waals surface area contributed by atoms with E-state index in [9.17, 15) is 0 Å². The van der Waals surface area contributed by atoms with Crippen molar-refractivity contribution in [2.45, 2.75) is 0 Å². The highest BCUT2D eigenvalue weighted by Crippen LogP contribution is 2.49. The highest BCUT2D eigenvalue weighted by molar-refractivity contribution is 7.27. The van der Waals surface area contributed by atoms with Crippen LogP contribution in [0.15, 0.2) is 164 Å². The standard InChI is InChI=1S/C44H27NS/c1-3-11-28(12-4-1)32-22-24-40-38(26-32)41-35-17-9-10-18-36(35)43-42(44(41)46-40)37-23-21-33(27-39(37)45(43)34-15-5-2-6-16-34)31-20-19-29-13-7-8-14-30(29)25-31/h1-27H. The lowest BCUT2D eigenvalue weighted by molar-refractivity contribution is 1.19. The van der Waals surface area contributed by atoms with E-state index in [0.29, 0.717) is 0 Å². The summed E-state index contributed by atoms with van der Waals surface area (Å²) in [5, 5.41) is 10.4. The minimum Gasteiger partial charge on any atom is -0.309 e. The highest BCUT2D eigenvalue weighted by Gasteiger charge is 2.22. The molecule has 10 rings (SSSR count). The molecule has 0 atom stereocenters. The number of hydrogen-bond acceptors (Lipinski definition) is 1. The van der Waals surface area contributed by atoms with Crippen LogP contribution in [0.25, 0.3) is 91.5 Å². The Morgan fingerprint density at radius 3 is 1.89 bits per heavy atom. The predicted molar refractivity (Wildman–Crippen MR) is 200 cm³/mol. The second-order valence-corrected chi connectivity index (χ2v) is 13.2. The maximum absolute atomic E-state index is 2.50. The Morgan fingerprint density at radius 1 is 0.391 bits per heavy atom. The molecule has 0 aliphatic rings. The zero-order chi connectivity index (χ0) is 30.2. The minimum atomic E-state index is 1.18. The second-order valence-electron chi connectivity index (χ2n) is 12.1. The first kappa shape index (κ1) is 25.6. The third-order valence-electron chi connectivity index (χ3n) is 9.54. The summed E-state index contributed by atoms with van der Waals surface area (Å²) in [6.45, 7) is 0. The number of rotatable bonds is 3. The molecule has 2 aromatic heterocycles. The topological polar surface area (TPSA) is 4.93 Å². The molecule has 0 fully saturated rings. The number of thiophene rings is 1. The maximum atomic E-state index is 2.50. The number of para-hydroxylation sites is 1. The fourth-order valence-electron chi connectivity index (χ4n) is 7.43. The van der Waals surface area contributed by atoms with E-state index in [1.54, 1.807) is 0 Å². The van der Waals surface area contributed by atoms with Crippen LogP contribution >= 0.6 is 11.3 Å². The molecule has 0 saturated carbocycles. The summed E-state index contributed by atoms with van der Waals surface area (Å²) in [6, 6.07) is 60.0. The fraction of sp³-hybridized carbons (Fsp3) is 0. The van der Waals surface area contributed by atoms with Crippen LogP contribution < -0.4 is 0 Å².